The van der Waals surface area contributed by atoms with Gasteiger partial charge in [0.15, 0.2) is 0 Å². The lowest BCUT2D eigenvalue weighted by Crippen LogP contribution is -2.03. The molecule has 1 aromatic heterocycles. The normalized spacial score (nSPS) is 9.95. The van der Waals surface area contributed by atoms with Crippen LogP contribution >= 0.6 is 15.9 Å². The summed E-state index contributed by atoms with van der Waals surface area (Å²) >= 11 is 3.31. The van der Waals surface area contributed by atoms with Crippen LogP contribution < -0.4 is 0 Å². The largest absolute Gasteiger partial charge is 0.462 e. The van der Waals surface area contributed by atoms with Crippen molar-refractivity contribution in [3.63, 3.8) is 0 Å². The molecule has 1 heterocycles. The molecule has 0 radical (unpaired) electrons. The van der Waals surface area contributed by atoms with Crippen molar-refractivity contribution in [3.05, 3.63) is 46.2 Å². The van der Waals surface area contributed by atoms with Gasteiger partial charge in [0, 0.05) is 10.7 Å². The number of nitrogens with zero attached hydrogens (tertiary/aromatic N) is 3. The lowest BCUT2D eigenvalue weighted by molar-refractivity contribution is 0.0526. The van der Waals surface area contributed by atoms with Crippen molar-refractivity contribution in [3.8, 4) is 11.8 Å². The summed E-state index contributed by atoms with van der Waals surface area (Å²) in [4.78, 5) is 11.5. The first-order valence-electron chi connectivity index (χ1n) is 5.57. The molecule has 5 nitrogen and oxygen atoms in total. The molecule has 0 bridgehead atoms. The summed E-state index contributed by atoms with van der Waals surface area (Å²) < 4.78 is 7.13. The zero-order valence-electron chi connectivity index (χ0n) is 10.1. The Balaban J connectivity index is 2.31. The smallest absolute Gasteiger partial charge is 0.341 e. The highest BCUT2D eigenvalue weighted by Gasteiger charge is 2.10. The molecule has 2 aromatic rings. The fourth-order valence-corrected chi connectivity index (χ4v) is 1.98. The molecule has 0 atom stereocenters. The van der Waals surface area contributed by atoms with Crippen LogP contribution in [0.25, 0.3) is 5.69 Å². The number of hydrogen-bond donors (Lipinski definition) is 0. The molecule has 0 aliphatic carbocycles. The second-order valence-electron chi connectivity index (χ2n) is 3.67. The minimum absolute atomic E-state index is 0.326. The Morgan fingerprint density at radius 3 is 3.00 bits per heavy atom. The van der Waals surface area contributed by atoms with Gasteiger partial charge in [0.25, 0.3) is 0 Å². The number of ether oxygens (including phenoxy) is 1. The van der Waals surface area contributed by atoms with E-state index >= 15 is 0 Å². The van der Waals surface area contributed by atoms with E-state index in [1.54, 1.807) is 36.0 Å². The van der Waals surface area contributed by atoms with Gasteiger partial charge in [0.05, 0.1) is 29.6 Å². The van der Waals surface area contributed by atoms with Crippen LogP contribution in [0.3, 0.4) is 0 Å². The highest BCUT2D eigenvalue weighted by Crippen LogP contribution is 2.20. The summed E-state index contributed by atoms with van der Waals surface area (Å²) in [7, 11) is 0. The molecule has 2 rings (SSSR count). The van der Waals surface area contributed by atoms with E-state index in [9.17, 15) is 4.79 Å². The quantitative estimate of drug-likeness (QED) is 0.816. The van der Waals surface area contributed by atoms with E-state index in [-0.39, 0.29) is 0 Å². The van der Waals surface area contributed by atoms with Crippen LogP contribution in [0.15, 0.2) is 35.1 Å². The SMILES string of the molecule is CCOC(=O)c1cnn(-c2ccc(C#N)c(Br)c2)c1. The minimum atomic E-state index is -0.401. The summed E-state index contributed by atoms with van der Waals surface area (Å²) in [6.45, 7) is 2.08. The number of halogens is 1. The summed E-state index contributed by atoms with van der Waals surface area (Å²) in [6.07, 6.45) is 3.04. The molecule has 0 N–H and O–H groups in total. The van der Waals surface area contributed by atoms with Gasteiger partial charge in [-0.2, -0.15) is 10.4 Å². The van der Waals surface area contributed by atoms with Gasteiger partial charge in [-0.15, -0.1) is 0 Å². The summed E-state index contributed by atoms with van der Waals surface area (Å²) in [5.41, 5.74) is 1.69. The van der Waals surface area contributed by atoms with Crippen LogP contribution in [-0.2, 0) is 4.74 Å². The maximum atomic E-state index is 11.5. The van der Waals surface area contributed by atoms with Gasteiger partial charge in [0.2, 0.25) is 0 Å². The second kappa shape index (κ2) is 5.67. The molecule has 96 valence electrons. The zero-order valence-corrected chi connectivity index (χ0v) is 11.7. The molecule has 0 unspecified atom stereocenters. The van der Waals surface area contributed by atoms with E-state index in [0.29, 0.717) is 22.2 Å². The molecular weight excluding hydrogens is 310 g/mol. The average Bonchev–Trinajstić information content (AvgIpc) is 2.88. The third kappa shape index (κ3) is 2.83. The van der Waals surface area contributed by atoms with E-state index in [4.69, 9.17) is 10.00 Å². The summed E-state index contributed by atoms with van der Waals surface area (Å²) in [6, 6.07) is 7.27. The molecule has 0 saturated heterocycles. The second-order valence-corrected chi connectivity index (χ2v) is 4.52. The standard InChI is InChI=1S/C13H10BrN3O2/c1-2-19-13(18)10-7-16-17(8-10)11-4-3-9(6-15)12(14)5-11/h3-5,7-8H,2H2,1H3. The summed E-state index contributed by atoms with van der Waals surface area (Å²) in [5.74, 6) is -0.401. The van der Waals surface area contributed by atoms with E-state index in [1.165, 1.54) is 6.20 Å². The maximum Gasteiger partial charge on any atom is 0.341 e. The molecule has 0 amide bonds. The third-order valence-electron chi connectivity index (χ3n) is 2.43. The third-order valence-corrected chi connectivity index (χ3v) is 3.09. The van der Waals surface area contributed by atoms with E-state index in [0.717, 1.165) is 5.69 Å². The number of rotatable bonds is 3. The Morgan fingerprint density at radius 1 is 1.58 bits per heavy atom. The van der Waals surface area contributed by atoms with E-state index in [1.807, 2.05) is 0 Å². The molecule has 0 spiro atoms. The van der Waals surface area contributed by atoms with Crippen molar-refractivity contribution in [1.29, 1.82) is 5.26 Å². The fraction of sp³-hybridized carbons (Fsp3) is 0.154. The Kier molecular flexibility index (Phi) is 3.97. The van der Waals surface area contributed by atoms with Crippen LogP contribution in [0.4, 0.5) is 0 Å². The van der Waals surface area contributed by atoms with Gasteiger partial charge in [-0.3, -0.25) is 0 Å². The van der Waals surface area contributed by atoms with Gasteiger partial charge in [-0.1, -0.05) is 0 Å². The lowest BCUT2D eigenvalue weighted by Gasteiger charge is -2.02. The first kappa shape index (κ1) is 13.3. The zero-order chi connectivity index (χ0) is 13.8. The Hall–Kier alpha value is -2.13. The minimum Gasteiger partial charge on any atom is -0.462 e. The molecular formula is C13H10BrN3O2. The number of carbonyl (C=O) groups is 1. The van der Waals surface area contributed by atoms with Crippen LogP contribution in [-0.4, -0.2) is 22.4 Å². The number of esters is 1. The first-order valence-corrected chi connectivity index (χ1v) is 6.37. The number of nitriles is 1. The van der Waals surface area contributed by atoms with Gasteiger partial charge >= 0.3 is 5.97 Å². The van der Waals surface area contributed by atoms with Crippen LogP contribution in [0.1, 0.15) is 22.8 Å². The van der Waals surface area contributed by atoms with Crippen molar-refractivity contribution in [2.75, 3.05) is 6.61 Å². The van der Waals surface area contributed by atoms with E-state index < -0.39 is 5.97 Å². The van der Waals surface area contributed by atoms with Crippen LogP contribution in [0, 0.1) is 11.3 Å². The number of benzene rings is 1. The highest BCUT2D eigenvalue weighted by atomic mass is 79.9. The molecule has 0 saturated carbocycles. The van der Waals surface area contributed by atoms with Crippen LogP contribution in [0.2, 0.25) is 0 Å². The maximum absolute atomic E-state index is 11.5. The highest BCUT2D eigenvalue weighted by molar-refractivity contribution is 9.10. The number of carbonyl (C=O) groups excluding carboxylic acids is 1. The Bertz CT molecular complexity index is 658. The monoisotopic (exact) mass is 319 g/mol. The Morgan fingerprint density at radius 2 is 2.37 bits per heavy atom. The van der Waals surface area contributed by atoms with E-state index in [2.05, 4.69) is 27.1 Å². The fourth-order valence-electron chi connectivity index (χ4n) is 1.52. The first-order chi connectivity index (χ1) is 9.15. The molecule has 0 aliphatic heterocycles. The van der Waals surface area contributed by atoms with Crippen molar-refractivity contribution in [2.24, 2.45) is 0 Å². The van der Waals surface area contributed by atoms with Crippen molar-refractivity contribution >= 4 is 21.9 Å². The van der Waals surface area contributed by atoms with Crippen molar-refractivity contribution < 1.29 is 9.53 Å². The molecule has 19 heavy (non-hydrogen) atoms. The van der Waals surface area contributed by atoms with Crippen molar-refractivity contribution in [2.45, 2.75) is 6.92 Å². The number of hydrogen-bond acceptors (Lipinski definition) is 4. The van der Waals surface area contributed by atoms with Crippen molar-refractivity contribution in [1.82, 2.24) is 9.78 Å². The Labute approximate surface area is 118 Å². The lowest BCUT2D eigenvalue weighted by atomic mass is 10.2. The molecule has 0 fully saturated rings. The topological polar surface area (TPSA) is 67.9 Å². The predicted molar refractivity (Wildman–Crippen MR) is 71.9 cm³/mol. The molecule has 6 heteroatoms. The average molecular weight is 320 g/mol. The molecule has 0 aliphatic rings. The van der Waals surface area contributed by atoms with Gasteiger partial charge in [-0.25, -0.2) is 9.48 Å². The number of aromatic nitrogens is 2. The van der Waals surface area contributed by atoms with Gasteiger partial charge in [-0.05, 0) is 41.1 Å². The van der Waals surface area contributed by atoms with Crippen LogP contribution in [0.5, 0.6) is 0 Å². The van der Waals surface area contributed by atoms with Gasteiger partial charge in [0.1, 0.15) is 6.07 Å². The predicted octanol–water partition coefficient (Wildman–Crippen LogP) is 2.68. The summed E-state index contributed by atoms with van der Waals surface area (Å²) in [5, 5.41) is 13.0. The van der Waals surface area contributed by atoms with Gasteiger partial charge < -0.3 is 4.74 Å². The molecule has 1 aromatic carbocycles.